The van der Waals surface area contributed by atoms with Gasteiger partial charge in [0.2, 0.25) is 0 Å². The highest BCUT2D eigenvalue weighted by Crippen LogP contribution is 2.22. The van der Waals surface area contributed by atoms with E-state index >= 15 is 0 Å². The molecule has 1 heterocycles. The lowest BCUT2D eigenvalue weighted by Gasteiger charge is -2.22. The van der Waals surface area contributed by atoms with E-state index in [-0.39, 0.29) is 0 Å². The molecule has 0 fully saturated rings. The van der Waals surface area contributed by atoms with Crippen LogP contribution in [0.25, 0.3) is 0 Å². The van der Waals surface area contributed by atoms with E-state index in [9.17, 15) is 5.11 Å². The Morgan fingerprint density at radius 2 is 2.23 bits per heavy atom. The van der Waals surface area contributed by atoms with E-state index < -0.39 is 5.60 Å². The molecule has 0 aromatic carbocycles. The minimum atomic E-state index is -0.852. The maximum Gasteiger partial charge on any atom is 0.0895 e. The number of nitrogens with zero attached hydrogens (tertiary/aromatic N) is 1. The molecule has 1 unspecified atom stereocenters. The molecule has 1 aromatic rings. The van der Waals surface area contributed by atoms with Crippen LogP contribution in [0.15, 0.2) is 18.3 Å². The first-order chi connectivity index (χ1) is 6.06. The van der Waals surface area contributed by atoms with Crippen LogP contribution in [-0.4, -0.2) is 16.6 Å². The van der Waals surface area contributed by atoms with Gasteiger partial charge in [0.1, 0.15) is 0 Å². The lowest BCUT2D eigenvalue weighted by molar-refractivity contribution is 0.0500. The van der Waals surface area contributed by atoms with Crippen LogP contribution in [0.5, 0.6) is 0 Å². The number of aryl methyl sites for hydroxylation is 1. The standard InChI is InChI=1S/C10H16N2O/c1-8-3-4-9(7-12-8)10(2,13)5-6-11/h3-4,7,13H,5-6,11H2,1-2H3. The highest BCUT2D eigenvalue weighted by Gasteiger charge is 2.21. The number of aromatic nitrogens is 1. The summed E-state index contributed by atoms with van der Waals surface area (Å²) in [7, 11) is 0. The van der Waals surface area contributed by atoms with Crippen LogP contribution < -0.4 is 5.73 Å². The quantitative estimate of drug-likeness (QED) is 0.728. The summed E-state index contributed by atoms with van der Waals surface area (Å²) in [5.41, 5.74) is 6.32. The highest BCUT2D eigenvalue weighted by molar-refractivity contribution is 5.19. The molecule has 0 saturated carbocycles. The Balaban J connectivity index is 2.87. The van der Waals surface area contributed by atoms with Crippen LogP contribution in [-0.2, 0) is 5.60 Å². The average Bonchev–Trinajstić information content (AvgIpc) is 2.05. The van der Waals surface area contributed by atoms with Gasteiger partial charge in [-0.3, -0.25) is 4.98 Å². The topological polar surface area (TPSA) is 59.1 Å². The largest absolute Gasteiger partial charge is 0.385 e. The van der Waals surface area contributed by atoms with E-state index in [2.05, 4.69) is 4.98 Å². The first-order valence-corrected chi connectivity index (χ1v) is 4.42. The SMILES string of the molecule is Cc1ccc(C(C)(O)CCN)cn1. The van der Waals surface area contributed by atoms with Crippen molar-refractivity contribution in [2.75, 3.05) is 6.54 Å². The van der Waals surface area contributed by atoms with Gasteiger partial charge in [-0.2, -0.15) is 0 Å². The van der Waals surface area contributed by atoms with E-state index in [1.54, 1.807) is 13.1 Å². The van der Waals surface area contributed by atoms with Gasteiger partial charge in [-0.1, -0.05) is 6.07 Å². The Labute approximate surface area is 78.6 Å². The normalized spacial score (nSPS) is 15.4. The summed E-state index contributed by atoms with van der Waals surface area (Å²) in [6.07, 6.45) is 2.25. The van der Waals surface area contributed by atoms with Crippen molar-refractivity contribution >= 4 is 0 Å². The number of pyridine rings is 1. The molecule has 0 radical (unpaired) electrons. The molecule has 1 aromatic heterocycles. The van der Waals surface area contributed by atoms with E-state index in [0.717, 1.165) is 11.3 Å². The van der Waals surface area contributed by atoms with Crippen LogP contribution in [0.2, 0.25) is 0 Å². The molecule has 3 heteroatoms. The number of hydrogen-bond donors (Lipinski definition) is 2. The molecule has 0 spiro atoms. The summed E-state index contributed by atoms with van der Waals surface area (Å²) in [5, 5.41) is 9.96. The Hall–Kier alpha value is -0.930. The molecule has 0 saturated heterocycles. The van der Waals surface area contributed by atoms with Crippen LogP contribution >= 0.6 is 0 Å². The van der Waals surface area contributed by atoms with E-state index in [4.69, 9.17) is 5.73 Å². The molecule has 0 aliphatic rings. The predicted molar refractivity (Wildman–Crippen MR) is 52.2 cm³/mol. The highest BCUT2D eigenvalue weighted by atomic mass is 16.3. The van der Waals surface area contributed by atoms with Gasteiger partial charge in [-0.05, 0) is 32.9 Å². The Kier molecular flexibility index (Phi) is 3.01. The van der Waals surface area contributed by atoms with Crippen LogP contribution in [0, 0.1) is 6.92 Å². The third-order valence-electron chi connectivity index (χ3n) is 2.16. The monoisotopic (exact) mass is 180 g/mol. The fraction of sp³-hybridized carbons (Fsp3) is 0.500. The summed E-state index contributed by atoms with van der Waals surface area (Å²) >= 11 is 0. The van der Waals surface area contributed by atoms with Gasteiger partial charge in [0, 0.05) is 17.5 Å². The Bertz CT molecular complexity index is 267. The Morgan fingerprint density at radius 3 is 2.69 bits per heavy atom. The lowest BCUT2D eigenvalue weighted by Crippen LogP contribution is -2.25. The Morgan fingerprint density at radius 1 is 1.54 bits per heavy atom. The maximum atomic E-state index is 9.96. The predicted octanol–water partition coefficient (Wildman–Crippen LogP) is 0.946. The minimum Gasteiger partial charge on any atom is -0.385 e. The van der Waals surface area contributed by atoms with Crippen molar-refractivity contribution in [3.63, 3.8) is 0 Å². The molecule has 3 N–H and O–H groups in total. The maximum absolute atomic E-state index is 9.96. The van der Waals surface area contributed by atoms with Crippen molar-refractivity contribution in [3.8, 4) is 0 Å². The molecule has 72 valence electrons. The number of aliphatic hydroxyl groups is 1. The number of nitrogens with two attached hydrogens (primary N) is 1. The van der Waals surface area contributed by atoms with Crippen molar-refractivity contribution in [2.24, 2.45) is 5.73 Å². The second-order valence-electron chi connectivity index (χ2n) is 3.50. The zero-order chi connectivity index (χ0) is 9.90. The lowest BCUT2D eigenvalue weighted by atomic mass is 9.94. The summed E-state index contributed by atoms with van der Waals surface area (Å²) in [5.74, 6) is 0. The third kappa shape index (κ3) is 2.50. The van der Waals surface area contributed by atoms with Crippen molar-refractivity contribution in [2.45, 2.75) is 25.9 Å². The smallest absolute Gasteiger partial charge is 0.0895 e. The van der Waals surface area contributed by atoms with Crippen LogP contribution in [0.4, 0.5) is 0 Å². The second kappa shape index (κ2) is 3.85. The van der Waals surface area contributed by atoms with Crippen molar-refractivity contribution in [1.29, 1.82) is 0 Å². The minimum absolute atomic E-state index is 0.473. The molecule has 1 atom stereocenters. The van der Waals surface area contributed by atoms with Gasteiger partial charge in [0.25, 0.3) is 0 Å². The fourth-order valence-electron chi connectivity index (χ4n) is 1.21. The molecular formula is C10H16N2O. The molecule has 0 amide bonds. The van der Waals surface area contributed by atoms with Gasteiger partial charge in [0.15, 0.2) is 0 Å². The molecule has 0 aliphatic heterocycles. The first-order valence-electron chi connectivity index (χ1n) is 4.42. The third-order valence-corrected chi connectivity index (χ3v) is 2.16. The van der Waals surface area contributed by atoms with E-state index in [1.807, 2.05) is 19.1 Å². The zero-order valence-corrected chi connectivity index (χ0v) is 8.12. The van der Waals surface area contributed by atoms with Gasteiger partial charge in [-0.25, -0.2) is 0 Å². The summed E-state index contributed by atoms with van der Waals surface area (Å²) in [6, 6.07) is 3.78. The summed E-state index contributed by atoms with van der Waals surface area (Å²) < 4.78 is 0. The zero-order valence-electron chi connectivity index (χ0n) is 8.12. The molecule has 0 aliphatic carbocycles. The van der Waals surface area contributed by atoms with Gasteiger partial charge < -0.3 is 10.8 Å². The average molecular weight is 180 g/mol. The molecule has 3 nitrogen and oxygen atoms in total. The molecule has 13 heavy (non-hydrogen) atoms. The second-order valence-corrected chi connectivity index (χ2v) is 3.50. The van der Waals surface area contributed by atoms with Crippen molar-refractivity contribution < 1.29 is 5.11 Å². The first kappa shape index (κ1) is 10.2. The number of hydrogen-bond acceptors (Lipinski definition) is 3. The summed E-state index contributed by atoms with van der Waals surface area (Å²) in [6.45, 7) is 4.15. The van der Waals surface area contributed by atoms with E-state index in [0.29, 0.717) is 13.0 Å². The van der Waals surface area contributed by atoms with Gasteiger partial charge >= 0.3 is 0 Å². The van der Waals surface area contributed by atoms with Gasteiger partial charge in [0.05, 0.1) is 5.60 Å². The molecule has 0 bridgehead atoms. The molecule has 1 rings (SSSR count). The van der Waals surface area contributed by atoms with E-state index in [1.165, 1.54) is 0 Å². The van der Waals surface area contributed by atoms with Crippen molar-refractivity contribution in [1.82, 2.24) is 4.98 Å². The van der Waals surface area contributed by atoms with Crippen LogP contribution in [0.3, 0.4) is 0 Å². The molecular weight excluding hydrogens is 164 g/mol. The van der Waals surface area contributed by atoms with Crippen molar-refractivity contribution in [3.05, 3.63) is 29.6 Å². The van der Waals surface area contributed by atoms with Crippen LogP contribution in [0.1, 0.15) is 24.6 Å². The number of rotatable bonds is 3. The van der Waals surface area contributed by atoms with Gasteiger partial charge in [-0.15, -0.1) is 0 Å². The fourth-order valence-corrected chi connectivity index (χ4v) is 1.21. The summed E-state index contributed by atoms with van der Waals surface area (Å²) in [4.78, 5) is 4.13.